The molecule has 2 rings (SSSR count). The van der Waals surface area contributed by atoms with E-state index in [4.69, 9.17) is 0 Å². The summed E-state index contributed by atoms with van der Waals surface area (Å²) in [5.41, 5.74) is 1.19. The van der Waals surface area contributed by atoms with Crippen LogP contribution in [0.15, 0.2) is 24.3 Å². The Kier molecular flexibility index (Phi) is 4.78. The molecule has 0 aliphatic heterocycles. The molecule has 2 N–H and O–H groups in total. The molecule has 0 amide bonds. The highest BCUT2D eigenvalue weighted by molar-refractivity contribution is 5.81. The van der Waals surface area contributed by atoms with Crippen molar-refractivity contribution >= 4 is 5.97 Å². The van der Waals surface area contributed by atoms with Gasteiger partial charge in [0, 0.05) is 13.1 Å². The van der Waals surface area contributed by atoms with Crippen LogP contribution in [0.5, 0.6) is 0 Å². The Morgan fingerprint density at radius 1 is 1.35 bits per heavy atom. The molecule has 0 saturated carbocycles. The van der Waals surface area contributed by atoms with Gasteiger partial charge in [0.2, 0.25) is 0 Å². The highest BCUT2D eigenvalue weighted by Gasteiger charge is 2.41. The summed E-state index contributed by atoms with van der Waals surface area (Å²) < 4.78 is 0. The minimum atomic E-state index is -0.927. The molecule has 1 aliphatic carbocycles. The third kappa shape index (κ3) is 3.02. The Balaban J connectivity index is 2.33. The fourth-order valence-electron chi connectivity index (χ4n) is 2.97. The topological polar surface area (TPSA) is 52.6 Å². The van der Waals surface area contributed by atoms with Crippen LogP contribution in [-0.4, -0.2) is 43.2 Å². The number of carboxylic acid groups (broad SMARTS) is 1. The molecule has 4 nitrogen and oxygen atoms in total. The summed E-state index contributed by atoms with van der Waals surface area (Å²) in [4.78, 5) is 14.1. The van der Waals surface area contributed by atoms with Gasteiger partial charge in [-0.05, 0) is 44.5 Å². The molecule has 20 heavy (non-hydrogen) atoms. The number of benzene rings is 1. The predicted molar refractivity (Wildman–Crippen MR) is 79.9 cm³/mol. The summed E-state index contributed by atoms with van der Waals surface area (Å²) in [5, 5.41) is 13.2. The maximum atomic E-state index is 12.0. The number of fused-ring (bicyclic) bond motifs is 1. The van der Waals surface area contributed by atoms with Crippen LogP contribution in [0.1, 0.15) is 30.4 Å². The molecule has 1 aromatic carbocycles. The minimum Gasteiger partial charge on any atom is -0.480 e. The van der Waals surface area contributed by atoms with Crippen molar-refractivity contribution in [3.63, 3.8) is 0 Å². The van der Waals surface area contributed by atoms with Crippen LogP contribution in [-0.2, 0) is 16.8 Å². The third-order valence-corrected chi connectivity index (χ3v) is 4.08. The first-order chi connectivity index (χ1) is 9.56. The van der Waals surface area contributed by atoms with E-state index in [1.165, 1.54) is 5.56 Å². The number of aliphatic carboxylic acids is 1. The fourth-order valence-corrected chi connectivity index (χ4v) is 2.97. The van der Waals surface area contributed by atoms with Crippen molar-refractivity contribution in [3.8, 4) is 0 Å². The van der Waals surface area contributed by atoms with Crippen molar-refractivity contribution in [2.45, 2.75) is 31.2 Å². The van der Waals surface area contributed by atoms with E-state index in [1.807, 2.05) is 32.3 Å². The van der Waals surface area contributed by atoms with E-state index in [0.717, 1.165) is 31.4 Å². The molecule has 1 unspecified atom stereocenters. The summed E-state index contributed by atoms with van der Waals surface area (Å²) in [5.74, 6) is -0.759. The first kappa shape index (κ1) is 15.0. The van der Waals surface area contributed by atoms with E-state index >= 15 is 0 Å². The summed E-state index contributed by atoms with van der Waals surface area (Å²) in [7, 11) is 3.99. The molecule has 110 valence electrons. The average molecular weight is 276 g/mol. The zero-order valence-corrected chi connectivity index (χ0v) is 12.4. The second kappa shape index (κ2) is 6.37. The molecule has 0 saturated heterocycles. The van der Waals surface area contributed by atoms with Crippen LogP contribution in [0.25, 0.3) is 0 Å². The van der Waals surface area contributed by atoms with Crippen molar-refractivity contribution in [2.75, 3.05) is 27.2 Å². The zero-order valence-electron chi connectivity index (χ0n) is 12.4. The van der Waals surface area contributed by atoms with Crippen molar-refractivity contribution in [3.05, 3.63) is 35.4 Å². The summed E-state index contributed by atoms with van der Waals surface area (Å²) >= 11 is 0. The van der Waals surface area contributed by atoms with Crippen LogP contribution >= 0.6 is 0 Å². The molecule has 0 heterocycles. The Morgan fingerprint density at radius 2 is 2.10 bits per heavy atom. The van der Waals surface area contributed by atoms with Gasteiger partial charge in [0.25, 0.3) is 0 Å². The molecule has 1 aromatic rings. The van der Waals surface area contributed by atoms with Gasteiger partial charge in [0.1, 0.15) is 5.54 Å². The van der Waals surface area contributed by atoms with Gasteiger partial charge in [0.05, 0.1) is 0 Å². The molecular weight excluding hydrogens is 252 g/mol. The third-order valence-electron chi connectivity index (χ3n) is 4.08. The lowest BCUT2D eigenvalue weighted by Gasteiger charge is -2.32. The fraction of sp³-hybridized carbons (Fsp3) is 0.562. The van der Waals surface area contributed by atoms with E-state index in [0.29, 0.717) is 13.0 Å². The Hall–Kier alpha value is -1.39. The lowest BCUT2D eigenvalue weighted by atomic mass is 9.84. The normalized spacial score (nSPS) is 22.4. The number of carboxylic acids is 1. The Bertz CT molecular complexity index is 473. The highest BCUT2D eigenvalue weighted by atomic mass is 16.4. The number of likely N-dealkylation sites (N-methyl/N-ethyl adjacent to an activating group) is 1. The van der Waals surface area contributed by atoms with Crippen LogP contribution in [0.4, 0.5) is 0 Å². The number of rotatable bonds is 5. The van der Waals surface area contributed by atoms with E-state index in [-0.39, 0.29) is 0 Å². The molecule has 1 aliphatic rings. The molecule has 0 aromatic heterocycles. The van der Waals surface area contributed by atoms with Gasteiger partial charge in [0.15, 0.2) is 0 Å². The minimum absolute atomic E-state index is 0.659. The second-order valence-corrected chi connectivity index (χ2v) is 5.80. The Morgan fingerprint density at radius 3 is 2.80 bits per heavy atom. The van der Waals surface area contributed by atoms with E-state index in [2.05, 4.69) is 16.3 Å². The second-order valence-electron chi connectivity index (χ2n) is 5.80. The summed E-state index contributed by atoms with van der Waals surface area (Å²) in [6.45, 7) is 1.50. The molecule has 0 fully saturated rings. The van der Waals surface area contributed by atoms with Gasteiger partial charge in [-0.3, -0.25) is 5.32 Å². The van der Waals surface area contributed by atoms with Crippen molar-refractivity contribution in [1.29, 1.82) is 0 Å². The SMILES string of the molecule is CN(C)CCNC1(C(=O)O)CCCCc2ccccc21. The smallest absolute Gasteiger partial charge is 0.328 e. The monoisotopic (exact) mass is 276 g/mol. The van der Waals surface area contributed by atoms with Gasteiger partial charge < -0.3 is 10.0 Å². The lowest BCUT2D eigenvalue weighted by Crippen LogP contribution is -2.51. The standard InChI is InChI=1S/C16H24N2O2/c1-18(2)12-11-17-16(15(19)20)10-6-5-8-13-7-3-4-9-14(13)16/h3-4,7,9,17H,5-6,8,10-12H2,1-2H3,(H,19,20). The lowest BCUT2D eigenvalue weighted by molar-refractivity contribution is -0.145. The van der Waals surface area contributed by atoms with Crippen LogP contribution < -0.4 is 5.32 Å². The number of nitrogens with zero attached hydrogens (tertiary/aromatic N) is 1. The van der Waals surface area contributed by atoms with Gasteiger partial charge in [-0.1, -0.05) is 30.7 Å². The van der Waals surface area contributed by atoms with Crippen molar-refractivity contribution in [1.82, 2.24) is 10.2 Å². The van der Waals surface area contributed by atoms with Gasteiger partial charge >= 0.3 is 5.97 Å². The number of hydrogen-bond acceptors (Lipinski definition) is 3. The van der Waals surface area contributed by atoms with Crippen LogP contribution in [0.2, 0.25) is 0 Å². The van der Waals surface area contributed by atoms with Crippen molar-refractivity contribution < 1.29 is 9.90 Å². The molecule has 0 radical (unpaired) electrons. The quantitative estimate of drug-likeness (QED) is 0.806. The Labute approximate surface area is 120 Å². The highest BCUT2D eigenvalue weighted by Crippen LogP contribution is 2.34. The van der Waals surface area contributed by atoms with Gasteiger partial charge in [-0.15, -0.1) is 0 Å². The molecular formula is C16H24N2O2. The van der Waals surface area contributed by atoms with E-state index in [9.17, 15) is 9.90 Å². The summed E-state index contributed by atoms with van der Waals surface area (Å²) in [6, 6.07) is 7.97. The van der Waals surface area contributed by atoms with E-state index < -0.39 is 11.5 Å². The largest absolute Gasteiger partial charge is 0.480 e. The zero-order chi connectivity index (χ0) is 14.6. The van der Waals surface area contributed by atoms with Crippen molar-refractivity contribution in [2.24, 2.45) is 0 Å². The maximum Gasteiger partial charge on any atom is 0.328 e. The predicted octanol–water partition coefficient (Wildman–Crippen LogP) is 1.84. The van der Waals surface area contributed by atoms with Gasteiger partial charge in [-0.25, -0.2) is 4.79 Å². The van der Waals surface area contributed by atoms with Crippen LogP contribution in [0, 0.1) is 0 Å². The molecule has 1 atom stereocenters. The van der Waals surface area contributed by atoms with E-state index in [1.54, 1.807) is 0 Å². The first-order valence-electron chi connectivity index (χ1n) is 7.28. The molecule has 0 bridgehead atoms. The number of nitrogens with one attached hydrogen (secondary N) is 1. The van der Waals surface area contributed by atoms with Crippen LogP contribution in [0.3, 0.4) is 0 Å². The molecule has 4 heteroatoms. The number of hydrogen-bond donors (Lipinski definition) is 2. The maximum absolute atomic E-state index is 12.0. The number of carbonyl (C=O) groups is 1. The average Bonchev–Trinajstić information content (AvgIpc) is 2.59. The summed E-state index contributed by atoms with van der Waals surface area (Å²) in [6.07, 6.45) is 3.63. The molecule has 0 spiro atoms. The number of aryl methyl sites for hydroxylation is 1. The van der Waals surface area contributed by atoms with Gasteiger partial charge in [-0.2, -0.15) is 0 Å². The first-order valence-corrected chi connectivity index (χ1v) is 7.28.